The minimum atomic E-state index is -0.378. The Kier molecular flexibility index (Phi) is 4.47. The first-order valence-corrected chi connectivity index (χ1v) is 10.9. The Morgan fingerprint density at radius 2 is 1.93 bits per heavy atom. The summed E-state index contributed by atoms with van der Waals surface area (Å²) in [4.78, 5) is 20.5. The highest BCUT2D eigenvalue weighted by molar-refractivity contribution is 7.22. The van der Waals surface area contributed by atoms with E-state index in [9.17, 15) is 4.79 Å². The van der Waals surface area contributed by atoms with Gasteiger partial charge >= 0.3 is 0 Å². The lowest BCUT2D eigenvalue weighted by molar-refractivity contribution is -0.123. The van der Waals surface area contributed by atoms with Crippen molar-refractivity contribution < 1.29 is 4.79 Å². The van der Waals surface area contributed by atoms with Crippen molar-refractivity contribution in [2.75, 3.05) is 6.54 Å². The lowest BCUT2D eigenvalue weighted by atomic mass is 9.97. The average Bonchev–Trinajstić information content (AvgIpc) is 3.32. The van der Waals surface area contributed by atoms with Crippen molar-refractivity contribution in [1.82, 2.24) is 9.88 Å². The smallest absolute Gasteiger partial charge is 0.240 e. The predicted molar refractivity (Wildman–Crippen MR) is 115 cm³/mol. The highest BCUT2D eigenvalue weighted by Crippen LogP contribution is 2.43. The SMILES string of the molecule is NC(=O)C1c2scc(-c3nc4ccccc4s3)c2CCN1Cc1ccccc1. The summed E-state index contributed by atoms with van der Waals surface area (Å²) in [5.41, 5.74) is 10.5. The summed E-state index contributed by atoms with van der Waals surface area (Å²) in [6.45, 7) is 1.53. The molecular formula is C22H19N3OS2. The predicted octanol–water partition coefficient (Wildman–Crippen LogP) is 4.61. The van der Waals surface area contributed by atoms with Gasteiger partial charge < -0.3 is 5.73 Å². The first kappa shape index (κ1) is 17.6. The topological polar surface area (TPSA) is 59.2 Å². The lowest BCUT2D eigenvalue weighted by Crippen LogP contribution is -2.41. The quantitative estimate of drug-likeness (QED) is 0.539. The molecule has 6 heteroatoms. The van der Waals surface area contributed by atoms with E-state index in [-0.39, 0.29) is 11.9 Å². The van der Waals surface area contributed by atoms with Crippen LogP contribution in [0.3, 0.4) is 0 Å². The molecule has 0 fully saturated rings. The van der Waals surface area contributed by atoms with E-state index < -0.39 is 0 Å². The van der Waals surface area contributed by atoms with Crippen molar-refractivity contribution in [3.63, 3.8) is 0 Å². The standard InChI is InChI=1S/C22H19N3OS2/c23-21(26)19-20-15(10-11-25(19)12-14-6-2-1-3-7-14)16(13-27-20)22-24-17-8-4-5-9-18(17)28-22/h1-9,13,19H,10-12H2,(H2,23,26). The van der Waals surface area contributed by atoms with E-state index >= 15 is 0 Å². The second kappa shape index (κ2) is 7.13. The number of para-hydroxylation sites is 1. The molecule has 0 saturated heterocycles. The number of hydrogen-bond donors (Lipinski definition) is 1. The molecule has 0 aliphatic carbocycles. The molecule has 2 aromatic carbocycles. The van der Waals surface area contributed by atoms with Crippen LogP contribution in [0.25, 0.3) is 20.8 Å². The van der Waals surface area contributed by atoms with Gasteiger partial charge in [0.1, 0.15) is 11.0 Å². The van der Waals surface area contributed by atoms with Gasteiger partial charge in [0.25, 0.3) is 0 Å². The Balaban J connectivity index is 1.52. The van der Waals surface area contributed by atoms with Crippen LogP contribution in [0.15, 0.2) is 60.0 Å². The van der Waals surface area contributed by atoms with Crippen LogP contribution in [0.2, 0.25) is 0 Å². The zero-order chi connectivity index (χ0) is 19.1. The lowest BCUT2D eigenvalue weighted by Gasteiger charge is -2.34. The molecule has 1 amide bonds. The molecule has 4 aromatic rings. The van der Waals surface area contributed by atoms with E-state index in [2.05, 4.69) is 28.5 Å². The molecule has 0 bridgehead atoms. The van der Waals surface area contributed by atoms with Gasteiger partial charge in [-0.1, -0.05) is 42.5 Å². The number of carbonyl (C=O) groups is 1. The molecule has 1 aliphatic rings. The molecule has 5 rings (SSSR count). The monoisotopic (exact) mass is 405 g/mol. The summed E-state index contributed by atoms with van der Waals surface area (Å²) >= 11 is 3.34. The molecule has 4 nitrogen and oxygen atoms in total. The maximum Gasteiger partial charge on any atom is 0.240 e. The van der Waals surface area contributed by atoms with Crippen molar-refractivity contribution >= 4 is 38.8 Å². The van der Waals surface area contributed by atoms with Gasteiger partial charge in [-0.15, -0.1) is 22.7 Å². The zero-order valence-corrected chi connectivity index (χ0v) is 16.8. The number of amides is 1. The van der Waals surface area contributed by atoms with Gasteiger partial charge in [0, 0.05) is 28.9 Å². The normalized spacial score (nSPS) is 16.9. The van der Waals surface area contributed by atoms with E-state index in [4.69, 9.17) is 10.7 Å². The number of nitrogens with two attached hydrogens (primary N) is 1. The number of thiophene rings is 1. The number of carbonyl (C=O) groups excluding carboxylic acids is 1. The summed E-state index contributed by atoms with van der Waals surface area (Å²) in [6, 6.07) is 18.1. The van der Waals surface area contributed by atoms with Crippen LogP contribution in [0, 0.1) is 0 Å². The van der Waals surface area contributed by atoms with Crippen LogP contribution in [-0.2, 0) is 17.8 Å². The third-order valence-electron chi connectivity index (χ3n) is 5.21. The number of benzene rings is 2. The summed E-state index contributed by atoms with van der Waals surface area (Å²) in [6.07, 6.45) is 0.903. The van der Waals surface area contributed by atoms with Crippen LogP contribution in [0.4, 0.5) is 0 Å². The van der Waals surface area contributed by atoms with Gasteiger partial charge in [0.15, 0.2) is 0 Å². The van der Waals surface area contributed by atoms with Crippen LogP contribution < -0.4 is 5.73 Å². The first-order chi connectivity index (χ1) is 13.7. The molecular weight excluding hydrogens is 386 g/mol. The van der Waals surface area contributed by atoms with Gasteiger partial charge in [0.2, 0.25) is 5.91 Å². The molecule has 2 aromatic heterocycles. The van der Waals surface area contributed by atoms with Crippen molar-refractivity contribution in [3.05, 3.63) is 76.0 Å². The number of nitrogens with zero attached hydrogens (tertiary/aromatic N) is 2. The third kappa shape index (κ3) is 3.03. The number of fused-ring (bicyclic) bond motifs is 2. The van der Waals surface area contributed by atoms with Gasteiger partial charge in [-0.25, -0.2) is 4.98 Å². The number of aromatic nitrogens is 1. The summed E-state index contributed by atoms with van der Waals surface area (Å²) < 4.78 is 1.19. The molecule has 28 heavy (non-hydrogen) atoms. The molecule has 3 heterocycles. The minimum Gasteiger partial charge on any atom is -0.368 e. The Morgan fingerprint density at radius 3 is 2.71 bits per heavy atom. The van der Waals surface area contributed by atoms with E-state index in [1.165, 1.54) is 15.8 Å². The number of hydrogen-bond acceptors (Lipinski definition) is 5. The van der Waals surface area contributed by atoms with Crippen LogP contribution in [0.5, 0.6) is 0 Å². The Bertz CT molecular complexity index is 1120. The molecule has 0 saturated carbocycles. The Morgan fingerprint density at radius 1 is 1.14 bits per heavy atom. The van der Waals surface area contributed by atoms with Gasteiger partial charge in [0.05, 0.1) is 10.2 Å². The summed E-state index contributed by atoms with van der Waals surface area (Å²) in [5, 5.41) is 3.17. The van der Waals surface area contributed by atoms with Crippen LogP contribution in [-0.4, -0.2) is 22.3 Å². The fourth-order valence-electron chi connectivity index (χ4n) is 3.90. The van der Waals surface area contributed by atoms with Gasteiger partial charge in [-0.2, -0.15) is 0 Å². The molecule has 1 unspecified atom stereocenters. The number of rotatable bonds is 4. The number of primary amides is 1. The summed E-state index contributed by atoms with van der Waals surface area (Å²) in [5.74, 6) is -0.283. The van der Waals surface area contributed by atoms with Crippen molar-refractivity contribution in [1.29, 1.82) is 0 Å². The Hall–Kier alpha value is -2.54. The number of thiazole rings is 1. The highest BCUT2D eigenvalue weighted by Gasteiger charge is 2.35. The maximum atomic E-state index is 12.4. The van der Waals surface area contributed by atoms with E-state index in [1.54, 1.807) is 22.7 Å². The molecule has 0 spiro atoms. The zero-order valence-electron chi connectivity index (χ0n) is 15.2. The second-order valence-corrected chi connectivity index (χ2v) is 8.93. The van der Waals surface area contributed by atoms with Crippen LogP contribution >= 0.6 is 22.7 Å². The van der Waals surface area contributed by atoms with E-state index in [0.717, 1.165) is 40.5 Å². The van der Waals surface area contributed by atoms with Crippen molar-refractivity contribution in [2.45, 2.75) is 19.0 Å². The van der Waals surface area contributed by atoms with Crippen molar-refractivity contribution in [3.8, 4) is 10.6 Å². The van der Waals surface area contributed by atoms with E-state index in [0.29, 0.717) is 0 Å². The maximum absolute atomic E-state index is 12.4. The minimum absolute atomic E-state index is 0.283. The van der Waals surface area contributed by atoms with Gasteiger partial charge in [-0.05, 0) is 29.7 Å². The first-order valence-electron chi connectivity index (χ1n) is 9.24. The fourth-order valence-corrected chi connectivity index (χ4v) is 6.23. The van der Waals surface area contributed by atoms with Crippen LogP contribution in [0.1, 0.15) is 22.0 Å². The third-order valence-corrected chi connectivity index (χ3v) is 7.36. The van der Waals surface area contributed by atoms with E-state index in [1.807, 2.05) is 36.4 Å². The molecule has 0 radical (unpaired) electrons. The Labute approximate surface area is 171 Å². The summed E-state index contributed by atoms with van der Waals surface area (Å²) in [7, 11) is 0. The molecule has 1 aliphatic heterocycles. The largest absolute Gasteiger partial charge is 0.368 e. The molecule has 2 N–H and O–H groups in total. The average molecular weight is 406 g/mol. The molecule has 140 valence electrons. The highest BCUT2D eigenvalue weighted by atomic mass is 32.1. The second-order valence-electron chi connectivity index (χ2n) is 6.99. The van der Waals surface area contributed by atoms with Gasteiger partial charge in [-0.3, -0.25) is 9.69 Å². The molecule has 1 atom stereocenters. The van der Waals surface area contributed by atoms with Crippen molar-refractivity contribution in [2.24, 2.45) is 5.73 Å². The fraction of sp³-hybridized carbons (Fsp3) is 0.182.